The maximum absolute atomic E-state index is 11.6. The van der Waals surface area contributed by atoms with Crippen LogP contribution in [0.3, 0.4) is 0 Å². The number of hydrogen-bond donors (Lipinski definition) is 2. The van der Waals surface area contributed by atoms with Gasteiger partial charge in [-0.25, -0.2) is 0 Å². The van der Waals surface area contributed by atoms with E-state index in [-0.39, 0.29) is 10.8 Å². The number of likely N-dealkylation sites (N-methyl/N-ethyl adjacent to an activating group) is 2. The summed E-state index contributed by atoms with van der Waals surface area (Å²) in [4.78, 5) is 15.0. The van der Waals surface area contributed by atoms with Crippen molar-refractivity contribution in [2.75, 3.05) is 14.1 Å². The van der Waals surface area contributed by atoms with Crippen LogP contribution in [-0.4, -0.2) is 69.7 Å². The Morgan fingerprint density at radius 2 is 1.00 bits per heavy atom. The molecule has 4 rings (SSSR count). The van der Waals surface area contributed by atoms with Crippen molar-refractivity contribution in [3.8, 4) is 11.5 Å². The van der Waals surface area contributed by atoms with Crippen molar-refractivity contribution in [2.24, 2.45) is 9.98 Å². The van der Waals surface area contributed by atoms with E-state index in [0.29, 0.717) is 43.1 Å². The van der Waals surface area contributed by atoms with Crippen molar-refractivity contribution < 1.29 is 10.2 Å². The molecule has 45 heavy (non-hydrogen) atoms. The summed E-state index contributed by atoms with van der Waals surface area (Å²) in [6.07, 6.45) is 9.03. The molecule has 0 radical (unpaired) electrons. The molecule has 1 heterocycles. The molecule has 1 fully saturated rings. The van der Waals surface area contributed by atoms with Crippen molar-refractivity contribution in [1.29, 1.82) is 0 Å². The summed E-state index contributed by atoms with van der Waals surface area (Å²) in [6, 6.07) is 9.23. The smallest absolute Gasteiger partial charge is 0.128 e. The highest BCUT2D eigenvalue weighted by atomic mass is 16.3. The summed E-state index contributed by atoms with van der Waals surface area (Å²) < 4.78 is 0. The number of hydrogen-bond acceptors (Lipinski definition) is 6. The largest absolute Gasteiger partial charge is 0.507 e. The van der Waals surface area contributed by atoms with Gasteiger partial charge < -0.3 is 10.2 Å². The van der Waals surface area contributed by atoms with E-state index in [2.05, 4.69) is 117 Å². The topological polar surface area (TPSA) is 71.7 Å². The van der Waals surface area contributed by atoms with E-state index in [0.717, 1.165) is 35.1 Å². The number of rotatable bonds is 0. The molecule has 0 saturated heterocycles. The zero-order valence-corrected chi connectivity index (χ0v) is 30.3. The summed E-state index contributed by atoms with van der Waals surface area (Å²) in [5, 5.41) is 23.3. The van der Waals surface area contributed by atoms with Crippen LogP contribution in [-0.2, 0) is 23.9 Å². The summed E-state index contributed by atoms with van der Waals surface area (Å²) in [6.45, 7) is 23.1. The number of phenols is 2. The summed E-state index contributed by atoms with van der Waals surface area (Å²) in [5.41, 5.74) is 4.82. The third-order valence-corrected chi connectivity index (χ3v) is 9.81. The summed E-state index contributed by atoms with van der Waals surface area (Å²) in [7, 11) is 4.40. The van der Waals surface area contributed by atoms with Gasteiger partial charge in [0.15, 0.2) is 0 Å². The number of phenolic OH excluding ortho intramolecular Hbond substituents is 2. The average Bonchev–Trinajstić information content (AvgIpc) is 2.91. The zero-order chi connectivity index (χ0) is 33.5. The highest BCUT2D eigenvalue weighted by Crippen LogP contribution is 2.37. The van der Waals surface area contributed by atoms with Crippen LogP contribution in [0.5, 0.6) is 11.5 Å². The monoisotopic (exact) mass is 616 g/mol. The molecule has 2 aliphatic rings. The van der Waals surface area contributed by atoms with Crippen molar-refractivity contribution in [2.45, 2.75) is 148 Å². The standard InChI is InChI=1S/C39H60N4O2/c1-36(2,3)30-17-26-21-40-38(7,8)25-39(9,10)41-22-27-18-31(37(4,5)6)20-29(35(27)45)24-43(12)33-16-14-13-15-32(33)42(11)23-28(19-30)34(26)44/h17-22,32-33,44-45H,13-16,23-25H2,1-12H3. The number of nitrogens with zero attached hydrogens (tertiary/aromatic N) is 4. The van der Waals surface area contributed by atoms with Gasteiger partial charge >= 0.3 is 0 Å². The Bertz CT molecular complexity index is 1320. The van der Waals surface area contributed by atoms with Crippen molar-refractivity contribution in [3.05, 3.63) is 57.6 Å². The first-order valence-corrected chi connectivity index (χ1v) is 16.9. The van der Waals surface area contributed by atoms with E-state index in [1.165, 1.54) is 24.0 Å². The highest BCUT2D eigenvalue weighted by Gasteiger charge is 2.33. The molecule has 1 aliphatic heterocycles. The lowest BCUT2D eigenvalue weighted by Gasteiger charge is -2.43. The second kappa shape index (κ2) is 12.8. The van der Waals surface area contributed by atoms with Gasteiger partial charge in [0.25, 0.3) is 0 Å². The lowest BCUT2D eigenvalue weighted by molar-refractivity contribution is 0.0684. The van der Waals surface area contributed by atoms with Gasteiger partial charge in [0.2, 0.25) is 0 Å². The molecule has 2 N–H and O–H groups in total. The first-order chi connectivity index (χ1) is 20.7. The zero-order valence-electron chi connectivity index (χ0n) is 30.3. The fourth-order valence-electron chi connectivity index (χ4n) is 7.27. The second-order valence-corrected chi connectivity index (χ2v) is 17.2. The lowest BCUT2D eigenvalue weighted by atomic mass is 9.84. The Morgan fingerprint density at radius 1 is 0.644 bits per heavy atom. The van der Waals surface area contributed by atoms with Gasteiger partial charge in [-0.2, -0.15) is 0 Å². The molecular formula is C39H60N4O2. The predicted octanol–water partition coefficient (Wildman–Crippen LogP) is 8.37. The van der Waals surface area contributed by atoms with Gasteiger partial charge in [0.05, 0.1) is 11.1 Å². The van der Waals surface area contributed by atoms with Crippen molar-refractivity contribution in [3.63, 3.8) is 0 Å². The molecule has 1 saturated carbocycles. The number of fused-ring (bicyclic) bond motifs is 5. The molecule has 6 nitrogen and oxygen atoms in total. The van der Waals surface area contributed by atoms with Crippen LogP contribution in [0, 0.1) is 0 Å². The van der Waals surface area contributed by atoms with Gasteiger partial charge in [-0.1, -0.05) is 66.5 Å². The Labute approximate surface area is 273 Å². The SMILES string of the molecule is CN1Cc2cc(C(C)(C)C)cc(c2O)C=NC(C)(C)CC(C)(C)N=Cc2cc(C(C)(C)C)cc(c2O)CN(C)C2CCCCC21. The minimum atomic E-state index is -0.427. The molecule has 6 heteroatoms. The van der Waals surface area contributed by atoms with E-state index in [1.54, 1.807) is 0 Å². The molecule has 0 aromatic heterocycles. The molecule has 1 aliphatic carbocycles. The van der Waals surface area contributed by atoms with Crippen LogP contribution in [0.4, 0.5) is 0 Å². The number of aromatic hydroxyl groups is 2. The normalized spacial score (nSPS) is 23.6. The van der Waals surface area contributed by atoms with Crippen LogP contribution in [0.1, 0.15) is 135 Å². The molecule has 248 valence electrons. The molecule has 2 unspecified atom stereocenters. The predicted molar refractivity (Wildman–Crippen MR) is 191 cm³/mol. The fourth-order valence-corrected chi connectivity index (χ4v) is 7.27. The second-order valence-electron chi connectivity index (χ2n) is 17.2. The van der Waals surface area contributed by atoms with Crippen LogP contribution >= 0.6 is 0 Å². The number of aliphatic imine (C=N–C) groups is 2. The first-order valence-electron chi connectivity index (χ1n) is 16.9. The summed E-state index contributed by atoms with van der Waals surface area (Å²) in [5.74, 6) is 0.641. The van der Waals surface area contributed by atoms with E-state index in [9.17, 15) is 10.2 Å². The van der Waals surface area contributed by atoms with Gasteiger partial charge in [-0.05, 0) is 95.1 Å². The average molecular weight is 617 g/mol. The molecule has 2 aromatic rings. The van der Waals surface area contributed by atoms with Gasteiger partial charge in [-0.3, -0.25) is 19.8 Å². The Balaban J connectivity index is 1.88. The molecule has 2 aromatic carbocycles. The molecular weight excluding hydrogens is 556 g/mol. The molecule has 0 spiro atoms. The van der Waals surface area contributed by atoms with Crippen LogP contribution in [0.25, 0.3) is 0 Å². The van der Waals surface area contributed by atoms with E-state index in [1.807, 2.05) is 12.4 Å². The Kier molecular flexibility index (Phi) is 10.0. The third kappa shape index (κ3) is 8.56. The van der Waals surface area contributed by atoms with E-state index in [4.69, 9.17) is 9.98 Å². The lowest BCUT2D eigenvalue weighted by Crippen LogP contribution is -2.50. The first kappa shape index (κ1) is 35.2. The third-order valence-electron chi connectivity index (χ3n) is 9.81. The minimum absolute atomic E-state index is 0.0691. The fraction of sp³-hybridized carbons (Fsp3) is 0.641. The maximum Gasteiger partial charge on any atom is 0.128 e. The Hall–Kier alpha value is -2.70. The van der Waals surface area contributed by atoms with Crippen LogP contribution < -0.4 is 0 Å². The van der Waals surface area contributed by atoms with Crippen LogP contribution in [0.2, 0.25) is 0 Å². The molecule has 2 atom stereocenters. The molecule has 4 bridgehead atoms. The van der Waals surface area contributed by atoms with Gasteiger partial charge in [0.1, 0.15) is 11.5 Å². The maximum atomic E-state index is 11.6. The van der Waals surface area contributed by atoms with Crippen molar-refractivity contribution in [1.82, 2.24) is 9.80 Å². The molecule has 0 amide bonds. The highest BCUT2D eigenvalue weighted by molar-refractivity contribution is 5.86. The van der Waals surface area contributed by atoms with Crippen molar-refractivity contribution >= 4 is 12.4 Å². The van der Waals surface area contributed by atoms with Crippen LogP contribution in [0.15, 0.2) is 34.3 Å². The van der Waals surface area contributed by atoms with E-state index < -0.39 is 11.1 Å². The van der Waals surface area contributed by atoms with Gasteiger partial charge in [0, 0.05) is 59.9 Å². The Morgan fingerprint density at radius 3 is 1.33 bits per heavy atom. The number of benzene rings is 2. The summed E-state index contributed by atoms with van der Waals surface area (Å²) >= 11 is 0. The minimum Gasteiger partial charge on any atom is -0.507 e. The quantitative estimate of drug-likeness (QED) is 0.312. The van der Waals surface area contributed by atoms with Gasteiger partial charge in [-0.15, -0.1) is 0 Å². The van der Waals surface area contributed by atoms with E-state index >= 15 is 0 Å².